The van der Waals surface area contributed by atoms with Crippen LogP contribution in [0.3, 0.4) is 0 Å². The maximum absolute atomic E-state index is 5.58. The fraction of sp³-hybridized carbons (Fsp3) is 0.750. The molecule has 1 aromatic rings. The molecule has 0 bridgehead atoms. The molecule has 1 aromatic heterocycles. The first-order valence-corrected chi connectivity index (χ1v) is 6.73. The fourth-order valence-electron chi connectivity index (χ4n) is 1.62. The van der Waals surface area contributed by atoms with E-state index in [-0.39, 0.29) is 0 Å². The summed E-state index contributed by atoms with van der Waals surface area (Å²) in [6, 6.07) is 0.354. The van der Waals surface area contributed by atoms with Gasteiger partial charge in [0.15, 0.2) is 0 Å². The highest BCUT2D eigenvalue weighted by molar-refractivity contribution is 7.11. The Balaban J connectivity index is 2.49. The second-order valence-corrected chi connectivity index (χ2v) is 6.08. The van der Waals surface area contributed by atoms with E-state index in [4.69, 9.17) is 5.84 Å². The van der Waals surface area contributed by atoms with Crippen molar-refractivity contribution in [2.45, 2.75) is 53.0 Å². The van der Waals surface area contributed by atoms with Crippen LogP contribution in [0.4, 0.5) is 0 Å². The quantitative estimate of drug-likeness (QED) is 0.594. The summed E-state index contributed by atoms with van der Waals surface area (Å²) in [6.07, 6.45) is 3.27. The number of nitrogens with two attached hydrogens (primary N) is 1. The SMILES string of the molecule is Cc1nc(CC(CCC(C)C)NN)sc1C. The summed E-state index contributed by atoms with van der Waals surface area (Å²) in [7, 11) is 0. The molecule has 0 aliphatic heterocycles. The van der Waals surface area contributed by atoms with Crippen molar-refractivity contribution in [3.05, 3.63) is 15.6 Å². The van der Waals surface area contributed by atoms with Gasteiger partial charge in [-0.1, -0.05) is 13.8 Å². The van der Waals surface area contributed by atoms with Gasteiger partial charge < -0.3 is 0 Å². The summed E-state index contributed by atoms with van der Waals surface area (Å²) >= 11 is 1.79. The second kappa shape index (κ2) is 6.33. The minimum Gasteiger partial charge on any atom is -0.271 e. The molecule has 0 saturated carbocycles. The third-order valence-electron chi connectivity index (χ3n) is 2.82. The summed E-state index contributed by atoms with van der Waals surface area (Å²) in [6.45, 7) is 8.67. The zero-order valence-corrected chi connectivity index (χ0v) is 11.5. The third-order valence-corrected chi connectivity index (χ3v) is 3.92. The molecule has 0 saturated heterocycles. The summed E-state index contributed by atoms with van der Waals surface area (Å²) in [5.41, 5.74) is 4.05. The van der Waals surface area contributed by atoms with Crippen LogP contribution in [0.2, 0.25) is 0 Å². The summed E-state index contributed by atoms with van der Waals surface area (Å²) < 4.78 is 0. The maximum Gasteiger partial charge on any atom is 0.0946 e. The molecule has 0 fully saturated rings. The molecule has 4 heteroatoms. The number of thiazole rings is 1. The van der Waals surface area contributed by atoms with Gasteiger partial charge in [0.1, 0.15) is 0 Å². The molecule has 0 aliphatic rings. The fourth-order valence-corrected chi connectivity index (χ4v) is 2.63. The number of rotatable bonds is 6. The number of aryl methyl sites for hydroxylation is 2. The first-order chi connectivity index (χ1) is 7.52. The van der Waals surface area contributed by atoms with E-state index in [0.29, 0.717) is 6.04 Å². The third kappa shape index (κ3) is 4.20. The van der Waals surface area contributed by atoms with Crippen molar-refractivity contribution in [3.8, 4) is 0 Å². The normalized spacial score (nSPS) is 13.4. The van der Waals surface area contributed by atoms with Crippen molar-refractivity contribution in [1.29, 1.82) is 0 Å². The Kier molecular flexibility index (Phi) is 5.38. The van der Waals surface area contributed by atoms with Crippen molar-refractivity contribution >= 4 is 11.3 Å². The summed E-state index contributed by atoms with van der Waals surface area (Å²) in [4.78, 5) is 5.86. The molecule has 0 spiro atoms. The largest absolute Gasteiger partial charge is 0.271 e. The van der Waals surface area contributed by atoms with Gasteiger partial charge in [-0.15, -0.1) is 11.3 Å². The topological polar surface area (TPSA) is 50.9 Å². The molecule has 16 heavy (non-hydrogen) atoms. The van der Waals surface area contributed by atoms with Gasteiger partial charge in [-0.05, 0) is 32.6 Å². The Hall–Kier alpha value is -0.450. The second-order valence-electron chi connectivity index (χ2n) is 4.79. The molecule has 0 amide bonds. The van der Waals surface area contributed by atoms with E-state index in [9.17, 15) is 0 Å². The molecule has 0 aliphatic carbocycles. The Morgan fingerprint density at radius 3 is 2.44 bits per heavy atom. The Morgan fingerprint density at radius 1 is 1.31 bits per heavy atom. The van der Waals surface area contributed by atoms with Gasteiger partial charge in [0, 0.05) is 17.3 Å². The molecular weight excluding hydrogens is 218 g/mol. The lowest BCUT2D eigenvalue weighted by Crippen LogP contribution is -2.36. The average Bonchev–Trinajstić information content (AvgIpc) is 2.52. The number of aromatic nitrogens is 1. The van der Waals surface area contributed by atoms with Crippen LogP contribution in [0.1, 0.15) is 42.3 Å². The van der Waals surface area contributed by atoms with E-state index >= 15 is 0 Å². The lowest BCUT2D eigenvalue weighted by atomic mass is 10.0. The van der Waals surface area contributed by atoms with E-state index in [2.05, 4.69) is 38.1 Å². The van der Waals surface area contributed by atoms with E-state index in [1.807, 2.05) is 0 Å². The first-order valence-electron chi connectivity index (χ1n) is 5.92. The summed E-state index contributed by atoms with van der Waals surface area (Å²) in [5, 5.41) is 1.20. The Morgan fingerprint density at radius 2 is 2.00 bits per heavy atom. The highest BCUT2D eigenvalue weighted by Gasteiger charge is 2.12. The highest BCUT2D eigenvalue weighted by Crippen LogP contribution is 2.19. The number of nitrogens with zero attached hydrogens (tertiary/aromatic N) is 1. The van der Waals surface area contributed by atoms with Crippen molar-refractivity contribution in [1.82, 2.24) is 10.4 Å². The van der Waals surface area contributed by atoms with Crippen molar-refractivity contribution < 1.29 is 0 Å². The minimum atomic E-state index is 0.354. The zero-order chi connectivity index (χ0) is 12.1. The van der Waals surface area contributed by atoms with E-state index in [1.54, 1.807) is 11.3 Å². The zero-order valence-electron chi connectivity index (χ0n) is 10.7. The van der Waals surface area contributed by atoms with Crippen LogP contribution in [-0.2, 0) is 6.42 Å². The minimum absolute atomic E-state index is 0.354. The molecule has 3 nitrogen and oxygen atoms in total. The van der Waals surface area contributed by atoms with Crippen molar-refractivity contribution in [3.63, 3.8) is 0 Å². The predicted molar refractivity (Wildman–Crippen MR) is 70.5 cm³/mol. The first kappa shape index (κ1) is 13.6. The van der Waals surface area contributed by atoms with Crippen LogP contribution >= 0.6 is 11.3 Å². The van der Waals surface area contributed by atoms with E-state index < -0.39 is 0 Å². The van der Waals surface area contributed by atoms with Gasteiger partial charge in [-0.3, -0.25) is 11.3 Å². The Labute approximate surface area is 102 Å². The highest BCUT2D eigenvalue weighted by atomic mass is 32.1. The molecule has 0 aromatic carbocycles. The smallest absolute Gasteiger partial charge is 0.0946 e. The number of hydrogen-bond acceptors (Lipinski definition) is 4. The van der Waals surface area contributed by atoms with E-state index in [0.717, 1.165) is 24.5 Å². The lowest BCUT2D eigenvalue weighted by Gasteiger charge is -2.15. The van der Waals surface area contributed by atoms with Crippen LogP contribution in [0.25, 0.3) is 0 Å². The van der Waals surface area contributed by atoms with Gasteiger partial charge in [0.05, 0.1) is 10.7 Å². The van der Waals surface area contributed by atoms with Crippen molar-refractivity contribution in [2.75, 3.05) is 0 Å². The molecule has 92 valence electrons. The van der Waals surface area contributed by atoms with Gasteiger partial charge in [-0.2, -0.15) is 0 Å². The number of nitrogens with one attached hydrogen (secondary N) is 1. The molecule has 1 heterocycles. The maximum atomic E-state index is 5.58. The van der Waals surface area contributed by atoms with Crippen LogP contribution in [-0.4, -0.2) is 11.0 Å². The van der Waals surface area contributed by atoms with Crippen LogP contribution in [0.5, 0.6) is 0 Å². The average molecular weight is 241 g/mol. The van der Waals surface area contributed by atoms with Crippen LogP contribution in [0.15, 0.2) is 0 Å². The molecule has 3 N–H and O–H groups in total. The molecule has 1 unspecified atom stereocenters. The Bertz CT molecular complexity index is 301. The monoisotopic (exact) mass is 241 g/mol. The number of hydrazine groups is 1. The van der Waals surface area contributed by atoms with E-state index in [1.165, 1.54) is 16.3 Å². The molecule has 1 rings (SSSR count). The molecule has 0 radical (unpaired) electrons. The van der Waals surface area contributed by atoms with Crippen LogP contribution in [0, 0.1) is 19.8 Å². The standard InChI is InChI=1S/C12H23N3S/c1-8(2)5-6-11(15-13)7-12-14-9(3)10(4)16-12/h8,11,15H,5-7,13H2,1-4H3. The van der Waals surface area contributed by atoms with Gasteiger partial charge >= 0.3 is 0 Å². The van der Waals surface area contributed by atoms with Crippen LogP contribution < -0.4 is 11.3 Å². The molecular formula is C12H23N3S. The predicted octanol–water partition coefficient (Wildman–Crippen LogP) is 2.57. The number of hydrogen-bond donors (Lipinski definition) is 2. The van der Waals surface area contributed by atoms with Gasteiger partial charge in [0.25, 0.3) is 0 Å². The lowest BCUT2D eigenvalue weighted by molar-refractivity contribution is 0.434. The van der Waals surface area contributed by atoms with Crippen molar-refractivity contribution in [2.24, 2.45) is 11.8 Å². The van der Waals surface area contributed by atoms with Gasteiger partial charge in [0.2, 0.25) is 0 Å². The molecule has 1 atom stereocenters. The van der Waals surface area contributed by atoms with Gasteiger partial charge in [-0.25, -0.2) is 4.98 Å². The summed E-state index contributed by atoms with van der Waals surface area (Å²) in [5.74, 6) is 6.31.